The van der Waals surface area contributed by atoms with Crippen molar-refractivity contribution in [3.05, 3.63) is 35.4 Å². The van der Waals surface area contributed by atoms with Crippen molar-refractivity contribution in [1.29, 1.82) is 0 Å². The summed E-state index contributed by atoms with van der Waals surface area (Å²) in [6.45, 7) is 5.20. The van der Waals surface area contributed by atoms with Gasteiger partial charge in [0.2, 0.25) is 0 Å². The van der Waals surface area contributed by atoms with Crippen LogP contribution in [-0.2, 0) is 9.84 Å². The minimum absolute atomic E-state index is 0.0182. The molecule has 1 atom stereocenters. The second-order valence-corrected chi connectivity index (χ2v) is 10.3. The van der Waals surface area contributed by atoms with Crippen LogP contribution in [0.5, 0.6) is 0 Å². The highest BCUT2D eigenvalue weighted by atomic mass is 32.2. The van der Waals surface area contributed by atoms with Gasteiger partial charge in [-0.3, -0.25) is 4.90 Å². The average Bonchev–Trinajstić information content (AvgIpc) is 2.81. The lowest BCUT2D eigenvalue weighted by Crippen LogP contribution is -2.53. The molecule has 0 spiro atoms. The van der Waals surface area contributed by atoms with Gasteiger partial charge in [-0.1, -0.05) is 6.07 Å². The standard InChI is InChI=1S/C18H25F2NO3S/c1-17(2)14(13-3-4-15(19)16(20)11-13)5-8-21(17)12-18(22)6-9-25(23,24)10-7-18/h3-4,11,14,22H,5-10,12H2,1-2H3. The second-order valence-electron chi connectivity index (χ2n) is 7.97. The Balaban J connectivity index is 1.75. The van der Waals surface area contributed by atoms with Crippen LogP contribution < -0.4 is 0 Å². The number of nitrogens with zero attached hydrogens (tertiary/aromatic N) is 1. The fourth-order valence-corrected chi connectivity index (χ4v) is 5.75. The van der Waals surface area contributed by atoms with Crippen molar-refractivity contribution in [3.8, 4) is 0 Å². The van der Waals surface area contributed by atoms with Gasteiger partial charge in [0.05, 0.1) is 17.1 Å². The second kappa shape index (κ2) is 6.28. The molecule has 2 saturated heterocycles. The molecule has 0 amide bonds. The zero-order chi connectivity index (χ0) is 18.5. The molecule has 2 heterocycles. The number of β-amino-alcohol motifs (C(OH)–C–C–N with tert-alkyl or cyclic N) is 1. The van der Waals surface area contributed by atoms with E-state index < -0.39 is 27.1 Å². The molecule has 3 rings (SSSR count). The van der Waals surface area contributed by atoms with Gasteiger partial charge >= 0.3 is 0 Å². The van der Waals surface area contributed by atoms with Crippen LogP contribution in [0.1, 0.15) is 44.6 Å². The Morgan fingerprint density at radius 3 is 2.44 bits per heavy atom. The van der Waals surface area contributed by atoms with E-state index in [-0.39, 0.29) is 35.8 Å². The first-order valence-corrected chi connectivity index (χ1v) is 10.5. The molecule has 2 aliphatic rings. The largest absolute Gasteiger partial charge is 0.388 e. The molecule has 0 bridgehead atoms. The Kier molecular flexibility index (Phi) is 4.71. The number of sulfone groups is 1. The summed E-state index contributed by atoms with van der Waals surface area (Å²) in [5.74, 6) is -1.63. The van der Waals surface area contributed by atoms with Gasteiger partial charge < -0.3 is 5.11 Å². The first-order valence-electron chi connectivity index (χ1n) is 8.65. The van der Waals surface area contributed by atoms with Crippen LogP contribution >= 0.6 is 0 Å². The maximum Gasteiger partial charge on any atom is 0.159 e. The summed E-state index contributed by atoms with van der Waals surface area (Å²) in [6, 6.07) is 4.03. The Morgan fingerprint density at radius 1 is 1.20 bits per heavy atom. The lowest BCUT2D eigenvalue weighted by Gasteiger charge is -2.42. The highest BCUT2D eigenvalue weighted by molar-refractivity contribution is 7.91. The SMILES string of the molecule is CC1(C)C(c2ccc(F)c(F)c2)CCN1CC1(O)CCS(=O)(=O)CC1. The van der Waals surface area contributed by atoms with Crippen molar-refractivity contribution < 1.29 is 22.3 Å². The minimum atomic E-state index is -3.03. The first kappa shape index (κ1) is 18.7. The number of likely N-dealkylation sites (tertiary alicyclic amines) is 1. The molecule has 2 fully saturated rings. The molecular weight excluding hydrogens is 348 g/mol. The summed E-state index contributed by atoms with van der Waals surface area (Å²) in [5, 5.41) is 10.8. The lowest BCUT2D eigenvalue weighted by atomic mass is 9.82. The number of hydrogen-bond acceptors (Lipinski definition) is 4. The van der Waals surface area contributed by atoms with Crippen LogP contribution in [0.3, 0.4) is 0 Å². The van der Waals surface area contributed by atoms with Gasteiger partial charge in [-0.25, -0.2) is 17.2 Å². The van der Waals surface area contributed by atoms with Crippen LogP contribution in [0.15, 0.2) is 18.2 Å². The quantitative estimate of drug-likeness (QED) is 0.884. The van der Waals surface area contributed by atoms with Crippen molar-refractivity contribution >= 4 is 9.84 Å². The highest BCUT2D eigenvalue weighted by Crippen LogP contribution is 2.43. The molecule has 1 aromatic carbocycles. The number of aliphatic hydroxyl groups is 1. The molecule has 1 unspecified atom stereocenters. The van der Waals surface area contributed by atoms with Crippen LogP contribution in [0.2, 0.25) is 0 Å². The molecule has 2 aliphatic heterocycles. The normalized spacial score (nSPS) is 28.1. The number of hydrogen-bond donors (Lipinski definition) is 1. The van der Waals surface area contributed by atoms with E-state index in [1.165, 1.54) is 6.07 Å². The van der Waals surface area contributed by atoms with E-state index in [4.69, 9.17) is 0 Å². The third kappa shape index (κ3) is 3.73. The van der Waals surface area contributed by atoms with E-state index in [1.807, 2.05) is 13.8 Å². The van der Waals surface area contributed by atoms with Gasteiger partial charge in [0.25, 0.3) is 0 Å². The number of benzene rings is 1. The fraction of sp³-hybridized carbons (Fsp3) is 0.667. The Hall–Kier alpha value is -1.05. The van der Waals surface area contributed by atoms with Crippen LogP contribution in [-0.4, -0.2) is 54.2 Å². The molecule has 4 nitrogen and oxygen atoms in total. The van der Waals surface area contributed by atoms with Crippen molar-refractivity contribution in [3.63, 3.8) is 0 Å². The van der Waals surface area contributed by atoms with Crippen molar-refractivity contribution in [2.75, 3.05) is 24.6 Å². The maximum absolute atomic E-state index is 13.6. The number of rotatable bonds is 3. The summed E-state index contributed by atoms with van der Waals surface area (Å²) in [6.07, 6.45) is 1.28. The van der Waals surface area contributed by atoms with Crippen molar-refractivity contribution in [2.24, 2.45) is 0 Å². The predicted molar refractivity (Wildman–Crippen MR) is 92.2 cm³/mol. The van der Waals surface area contributed by atoms with E-state index in [9.17, 15) is 22.3 Å². The van der Waals surface area contributed by atoms with Crippen LogP contribution in [0, 0.1) is 11.6 Å². The highest BCUT2D eigenvalue weighted by Gasteiger charge is 2.46. The van der Waals surface area contributed by atoms with Gasteiger partial charge in [-0.2, -0.15) is 0 Å². The molecular formula is C18H25F2NO3S. The monoisotopic (exact) mass is 373 g/mol. The molecule has 25 heavy (non-hydrogen) atoms. The smallest absolute Gasteiger partial charge is 0.159 e. The van der Waals surface area contributed by atoms with Gasteiger partial charge in [-0.15, -0.1) is 0 Å². The molecule has 0 aliphatic carbocycles. The van der Waals surface area contributed by atoms with Gasteiger partial charge in [0.15, 0.2) is 21.5 Å². The van der Waals surface area contributed by atoms with E-state index in [0.29, 0.717) is 6.54 Å². The summed E-state index contributed by atoms with van der Waals surface area (Å²) in [7, 11) is -3.03. The van der Waals surface area contributed by atoms with E-state index in [0.717, 1.165) is 24.6 Å². The predicted octanol–water partition coefficient (Wildman–Crippen LogP) is 2.47. The zero-order valence-electron chi connectivity index (χ0n) is 14.6. The summed E-state index contributed by atoms with van der Waals surface area (Å²) >= 11 is 0. The molecule has 0 aromatic heterocycles. The first-order chi connectivity index (χ1) is 11.5. The topological polar surface area (TPSA) is 57.6 Å². The molecule has 7 heteroatoms. The maximum atomic E-state index is 13.6. The van der Waals surface area contributed by atoms with Crippen LogP contribution in [0.25, 0.3) is 0 Å². The minimum Gasteiger partial charge on any atom is -0.388 e. The van der Waals surface area contributed by atoms with Gasteiger partial charge in [0, 0.05) is 18.0 Å². The lowest BCUT2D eigenvalue weighted by molar-refractivity contribution is -0.0220. The Morgan fingerprint density at radius 2 is 1.84 bits per heavy atom. The Labute approximate surface area is 147 Å². The Bertz CT molecular complexity index is 750. The molecule has 0 radical (unpaired) electrons. The van der Waals surface area contributed by atoms with Crippen LogP contribution in [0.4, 0.5) is 8.78 Å². The molecule has 0 saturated carbocycles. The zero-order valence-corrected chi connectivity index (χ0v) is 15.5. The number of halogens is 2. The third-order valence-corrected chi connectivity index (χ3v) is 7.60. The van der Waals surface area contributed by atoms with Gasteiger partial charge in [0.1, 0.15) is 0 Å². The van der Waals surface area contributed by atoms with E-state index in [2.05, 4.69) is 4.90 Å². The molecule has 1 aromatic rings. The molecule has 140 valence electrons. The third-order valence-electron chi connectivity index (χ3n) is 5.94. The van der Waals surface area contributed by atoms with Crippen molar-refractivity contribution in [1.82, 2.24) is 4.90 Å². The fourth-order valence-electron chi connectivity index (χ4n) is 4.16. The summed E-state index contributed by atoms with van der Waals surface area (Å²) < 4.78 is 50.0. The van der Waals surface area contributed by atoms with Gasteiger partial charge in [-0.05, 0) is 57.4 Å². The summed E-state index contributed by atoms with van der Waals surface area (Å²) in [4.78, 5) is 2.15. The summed E-state index contributed by atoms with van der Waals surface area (Å²) in [5.41, 5.74) is -0.591. The van der Waals surface area contributed by atoms with E-state index in [1.54, 1.807) is 6.07 Å². The molecule has 1 N–H and O–H groups in total. The van der Waals surface area contributed by atoms with E-state index >= 15 is 0 Å². The average molecular weight is 373 g/mol. The van der Waals surface area contributed by atoms with Crippen molar-refractivity contribution in [2.45, 2.75) is 50.2 Å².